The van der Waals surface area contributed by atoms with Gasteiger partial charge in [0.05, 0.1) is 12.6 Å². The van der Waals surface area contributed by atoms with Gasteiger partial charge in [0, 0.05) is 17.3 Å². The number of rotatable bonds is 6. The second-order valence-corrected chi connectivity index (χ2v) is 5.10. The molecule has 1 aromatic rings. The van der Waals surface area contributed by atoms with Gasteiger partial charge in [-0.2, -0.15) is 0 Å². The molecule has 2 rings (SSSR count). The van der Waals surface area contributed by atoms with Gasteiger partial charge in [0.1, 0.15) is 0 Å². The first-order valence-electron chi connectivity index (χ1n) is 6.62. The van der Waals surface area contributed by atoms with Crippen molar-refractivity contribution in [1.82, 2.24) is 5.32 Å². The first-order chi connectivity index (χ1) is 9.24. The van der Waals surface area contributed by atoms with Crippen LogP contribution in [-0.4, -0.2) is 31.7 Å². The highest BCUT2D eigenvalue weighted by Crippen LogP contribution is 2.15. The molecule has 1 aliphatic heterocycles. The Morgan fingerprint density at radius 3 is 3.11 bits per heavy atom. The standard InChI is InChI=1S/C14H19ClN2O2/c15-11-3-1-4-12(9-11)17-14(18)10-16-7-6-13-5-2-8-19-13/h1,3-4,9,13,16H,2,5-8,10H2,(H,17,18). The van der Waals surface area contributed by atoms with Gasteiger partial charge in [0.2, 0.25) is 5.91 Å². The molecule has 2 N–H and O–H groups in total. The molecule has 0 radical (unpaired) electrons. The van der Waals surface area contributed by atoms with E-state index < -0.39 is 0 Å². The van der Waals surface area contributed by atoms with E-state index in [0.29, 0.717) is 17.7 Å². The number of amides is 1. The highest BCUT2D eigenvalue weighted by Gasteiger charge is 2.14. The molecule has 0 aromatic heterocycles. The van der Waals surface area contributed by atoms with Crippen molar-refractivity contribution in [1.29, 1.82) is 0 Å². The fraction of sp³-hybridized carbons (Fsp3) is 0.500. The Bertz CT molecular complexity index is 420. The average Bonchev–Trinajstić information content (AvgIpc) is 2.88. The SMILES string of the molecule is O=C(CNCCC1CCCO1)Nc1cccc(Cl)c1. The summed E-state index contributed by atoms with van der Waals surface area (Å²) in [5.41, 5.74) is 0.721. The molecule has 0 aliphatic carbocycles. The van der Waals surface area contributed by atoms with Gasteiger partial charge in [0.15, 0.2) is 0 Å². The number of hydrogen-bond donors (Lipinski definition) is 2. The van der Waals surface area contributed by atoms with E-state index in [1.165, 1.54) is 0 Å². The Morgan fingerprint density at radius 2 is 2.37 bits per heavy atom. The van der Waals surface area contributed by atoms with Crippen LogP contribution in [0.3, 0.4) is 0 Å². The molecule has 0 bridgehead atoms. The van der Waals surface area contributed by atoms with Crippen molar-refractivity contribution >= 4 is 23.2 Å². The maximum Gasteiger partial charge on any atom is 0.238 e. The van der Waals surface area contributed by atoms with Crippen molar-refractivity contribution in [2.24, 2.45) is 0 Å². The lowest BCUT2D eigenvalue weighted by Crippen LogP contribution is -2.30. The van der Waals surface area contributed by atoms with Gasteiger partial charge < -0.3 is 15.4 Å². The van der Waals surface area contributed by atoms with Gasteiger partial charge in [-0.3, -0.25) is 4.79 Å². The number of carbonyl (C=O) groups excluding carboxylic acids is 1. The molecule has 1 aromatic carbocycles. The van der Waals surface area contributed by atoms with Crippen LogP contribution in [0.5, 0.6) is 0 Å². The zero-order chi connectivity index (χ0) is 13.5. The molecule has 4 nitrogen and oxygen atoms in total. The fourth-order valence-corrected chi connectivity index (χ4v) is 2.30. The second-order valence-electron chi connectivity index (χ2n) is 4.66. The third-order valence-corrected chi connectivity index (χ3v) is 3.30. The zero-order valence-electron chi connectivity index (χ0n) is 10.8. The van der Waals surface area contributed by atoms with Crippen LogP contribution in [0.15, 0.2) is 24.3 Å². The summed E-state index contributed by atoms with van der Waals surface area (Å²) in [7, 11) is 0. The van der Waals surface area contributed by atoms with Crippen LogP contribution in [-0.2, 0) is 9.53 Å². The number of ether oxygens (including phenoxy) is 1. The summed E-state index contributed by atoms with van der Waals surface area (Å²) in [6, 6.07) is 7.13. The summed E-state index contributed by atoms with van der Waals surface area (Å²) < 4.78 is 5.51. The molecule has 1 heterocycles. The van der Waals surface area contributed by atoms with Crippen molar-refractivity contribution in [2.75, 3.05) is 25.0 Å². The Hall–Kier alpha value is -1.10. The quantitative estimate of drug-likeness (QED) is 0.788. The Balaban J connectivity index is 1.61. The number of nitrogens with one attached hydrogen (secondary N) is 2. The van der Waals surface area contributed by atoms with Gasteiger partial charge in [-0.1, -0.05) is 17.7 Å². The number of halogens is 1. The molecule has 1 saturated heterocycles. The number of hydrogen-bond acceptors (Lipinski definition) is 3. The monoisotopic (exact) mass is 282 g/mol. The van der Waals surface area contributed by atoms with E-state index in [0.717, 1.165) is 38.1 Å². The summed E-state index contributed by atoms with van der Waals surface area (Å²) in [5, 5.41) is 6.53. The highest BCUT2D eigenvalue weighted by molar-refractivity contribution is 6.30. The van der Waals surface area contributed by atoms with Crippen molar-refractivity contribution in [3.63, 3.8) is 0 Å². The summed E-state index contributed by atoms with van der Waals surface area (Å²) in [6.45, 7) is 1.98. The number of carbonyl (C=O) groups is 1. The van der Waals surface area contributed by atoms with E-state index in [9.17, 15) is 4.79 Å². The maximum absolute atomic E-state index is 11.7. The Labute approximate surface area is 118 Å². The summed E-state index contributed by atoms with van der Waals surface area (Å²) in [5.74, 6) is -0.0605. The minimum Gasteiger partial charge on any atom is -0.378 e. The third-order valence-electron chi connectivity index (χ3n) is 3.06. The minimum atomic E-state index is -0.0605. The molecule has 1 amide bonds. The molecule has 19 heavy (non-hydrogen) atoms. The van der Waals surface area contributed by atoms with Gasteiger partial charge >= 0.3 is 0 Å². The van der Waals surface area contributed by atoms with Gasteiger partial charge in [0.25, 0.3) is 0 Å². The van der Waals surface area contributed by atoms with Crippen LogP contribution in [0.1, 0.15) is 19.3 Å². The van der Waals surface area contributed by atoms with E-state index in [1.807, 2.05) is 12.1 Å². The first kappa shape index (κ1) is 14.3. The lowest BCUT2D eigenvalue weighted by Gasteiger charge is -2.10. The summed E-state index contributed by atoms with van der Waals surface area (Å²) >= 11 is 5.85. The molecule has 104 valence electrons. The number of anilines is 1. The van der Waals surface area contributed by atoms with Crippen LogP contribution >= 0.6 is 11.6 Å². The van der Waals surface area contributed by atoms with E-state index >= 15 is 0 Å². The van der Waals surface area contributed by atoms with Crippen LogP contribution in [0.2, 0.25) is 5.02 Å². The smallest absolute Gasteiger partial charge is 0.238 e. The lowest BCUT2D eigenvalue weighted by atomic mass is 10.2. The molecule has 1 unspecified atom stereocenters. The molecule has 0 spiro atoms. The van der Waals surface area contributed by atoms with E-state index in [-0.39, 0.29) is 5.91 Å². The van der Waals surface area contributed by atoms with Crippen LogP contribution < -0.4 is 10.6 Å². The average molecular weight is 283 g/mol. The zero-order valence-corrected chi connectivity index (χ0v) is 11.6. The molecule has 1 atom stereocenters. The molecule has 1 fully saturated rings. The largest absolute Gasteiger partial charge is 0.378 e. The van der Waals surface area contributed by atoms with Crippen molar-refractivity contribution in [3.05, 3.63) is 29.3 Å². The van der Waals surface area contributed by atoms with Gasteiger partial charge in [-0.25, -0.2) is 0 Å². The Kier molecular flexibility index (Phi) is 5.63. The van der Waals surface area contributed by atoms with Crippen molar-refractivity contribution in [3.8, 4) is 0 Å². The lowest BCUT2D eigenvalue weighted by molar-refractivity contribution is -0.115. The van der Waals surface area contributed by atoms with Gasteiger partial charge in [-0.15, -0.1) is 0 Å². The third kappa shape index (κ3) is 5.19. The van der Waals surface area contributed by atoms with Crippen LogP contribution in [0.4, 0.5) is 5.69 Å². The van der Waals surface area contributed by atoms with Gasteiger partial charge in [-0.05, 0) is 44.0 Å². The predicted molar refractivity (Wildman–Crippen MR) is 76.5 cm³/mol. The highest BCUT2D eigenvalue weighted by atomic mass is 35.5. The summed E-state index contributed by atoms with van der Waals surface area (Å²) in [6.07, 6.45) is 3.62. The molecular formula is C14H19ClN2O2. The Morgan fingerprint density at radius 1 is 1.47 bits per heavy atom. The van der Waals surface area contributed by atoms with Crippen molar-refractivity contribution < 1.29 is 9.53 Å². The second kappa shape index (κ2) is 7.48. The van der Waals surface area contributed by atoms with Crippen molar-refractivity contribution in [2.45, 2.75) is 25.4 Å². The maximum atomic E-state index is 11.7. The van der Waals surface area contributed by atoms with E-state index in [4.69, 9.17) is 16.3 Å². The molecule has 1 aliphatic rings. The summed E-state index contributed by atoms with van der Waals surface area (Å²) in [4.78, 5) is 11.7. The number of benzene rings is 1. The molecule has 0 saturated carbocycles. The first-order valence-corrected chi connectivity index (χ1v) is 6.99. The van der Waals surface area contributed by atoms with E-state index in [2.05, 4.69) is 10.6 Å². The van der Waals surface area contributed by atoms with Crippen LogP contribution in [0.25, 0.3) is 0 Å². The topological polar surface area (TPSA) is 50.4 Å². The minimum absolute atomic E-state index is 0.0605. The predicted octanol–water partition coefficient (Wildman–Crippen LogP) is 2.44. The van der Waals surface area contributed by atoms with Crippen LogP contribution in [0, 0.1) is 0 Å². The normalized spacial score (nSPS) is 18.5. The molecular weight excluding hydrogens is 264 g/mol. The molecule has 5 heteroatoms. The van der Waals surface area contributed by atoms with E-state index in [1.54, 1.807) is 12.1 Å². The fourth-order valence-electron chi connectivity index (χ4n) is 2.11.